The van der Waals surface area contributed by atoms with Crippen molar-refractivity contribution < 1.29 is 4.42 Å². The topological polar surface area (TPSA) is 53.1 Å². The van der Waals surface area contributed by atoms with Gasteiger partial charge in [-0.2, -0.15) is 5.26 Å². The van der Waals surface area contributed by atoms with Crippen LogP contribution in [-0.2, 0) is 6.54 Å². The summed E-state index contributed by atoms with van der Waals surface area (Å²) in [5.41, 5.74) is 0.929. The van der Waals surface area contributed by atoms with Crippen LogP contribution in [0.3, 0.4) is 0 Å². The van der Waals surface area contributed by atoms with Crippen LogP contribution < -0.4 is 0 Å². The zero-order chi connectivity index (χ0) is 11.3. The van der Waals surface area contributed by atoms with Crippen molar-refractivity contribution in [1.29, 1.82) is 5.26 Å². The smallest absolute Gasteiger partial charge is 0.208 e. The van der Waals surface area contributed by atoms with E-state index in [0.29, 0.717) is 19.0 Å². The Morgan fingerprint density at radius 2 is 2.20 bits per heavy atom. The van der Waals surface area contributed by atoms with Crippen LogP contribution in [0.1, 0.15) is 30.7 Å². The van der Waals surface area contributed by atoms with E-state index in [4.69, 9.17) is 9.68 Å². The SMILES string of the molecule is CCCN(CC#N)Cc1nc(C)c(C)o1. The summed E-state index contributed by atoms with van der Waals surface area (Å²) in [5, 5.41) is 8.66. The van der Waals surface area contributed by atoms with Gasteiger partial charge in [0.25, 0.3) is 0 Å². The molecular weight excluding hydrogens is 190 g/mol. The van der Waals surface area contributed by atoms with E-state index >= 15 is 0 Å². The minimum atomic E-state index is 0.425. The van der Waals surface area contributed by atoms with E-state index in [1.165, 1.54) is 0 Å². The van der Waals surface area contributed by atoms with Gasteiger partial charge >= 0.3 is 0 Å². The number of oxazole rings is 1. The Kier molecular flexibility index (Phi) is 4.32. The first-order chi connectivity index (χ1) is 7.17. The minimum absolute atomic E-state index is 0.425. The van der Waals surface area contributed by atoms with Gasteiger partial charge in [0.2, 0.25) is 5.89 Å². The van der Waals surface area contributed by atoms with E-state index in [0.717, 1.165) is 24.4 Å². The number of hydrogen-bond acceptors (Lipinski definition) is 4. The third-order valence-electron chi connectivity index (χ3n) is 2.27. The summed E-state index contributed by atoms with van der Waals surface area (Å²) in [6, 6.07) is 2.15. The average Bonchev–Trinajstić information content (AvgIpc) is 2.47. The second-order valence-electron chi connectivity index (χ2n) is 3.62. The van der Waals surface area contributed by atoms with Gasteiger partial charge in [-0.15, -0.1) is 0 Å². The summed E-state index contributed by atoms with van der Waals surface area (Å²) in [7, 11) is 0. The normalized spacial score (nSPS) is 10.6. The van der Waals surface area contributed by atoms with Gasteiger partial charge in [0.1, 0.15) is 5.76 Å². The van der Waals surface area contributed by atoms with Crippen molar-refractivity contribution in [3.63, 3.8) is 0 Å². The Bertz CT molecular complexity index is 332. The molecule has 0 aliphatic rings. The highest BCUT2D eigenvalue weighted by molar-refractivity contribution is 5.05. The van der Waals surface area contributed by atoms with E-state index in [1.54, 1.807) is 0 Å². The summed E-state index contributed by atoms with van der Waals surface area (Å²) in [6.45, 7) is 7.87. The molecule has 0 unspecified atom stereocenters. The Hall–Kier alpha value is -1.34. The highest BCUT2D eigenvalue weighted by atomic mass is 16.4. The molecule has 0 aromatic carbocycles. The Balaban J connectivity index is 2.61. The lowest BCUT2D eigenvalue weighted by Crippen LogP contribution is -2.24. The molecule has 0 saturated heterocycles. The van der Waals surface area contributed by atoms with Gasteiger partial charge in [0.15, 0.2) is 0 Å². The highest BCUT2D eigenvalue weighted by Gasteiger charge is 2.10. The van der Waals surface area contributed by atoms with Crippen molar-refractivity contribution in [2.24, 2.45) is 0 Å². The maximum Gasteiger partial charge on any atom is 0.208 e. The van der Waals surface area contributed by atoms with Crippen LogP contribution in [0, 0.1) is 25.2 Å². The first-order valence-electron chi connectivity index (χ1n) is 5.19. The molecule has 0 aliphatic heterocycles. The van der Waals surface area contributed by atoms with Crippen LogP contribution in [0.15, 0.2) is 4.42 Å². The number of nitriles is 1. The van der Waals surface area contributed by atoms with Gasteiger partial charge in [0.05, 0.1) is 24.9 Å². The fourth-order valence-electron chi connectivity index (χ4n) is 1.43. The van der Waals surface area contributed by atoms with Gasteiger partial charge in [0, 0.05) is 0 Å². The molecule has 0 fully saturated rings. The predicted octanol–water partition coefficient (Wildman–Crippen LogP) is 2.03. The summed E-state index contributed by atoms with van der Waals surface area (Å²) in [6.07, 6.45) is 1.03. The van der Waals surface area contributed by atoms with Crippen LogP contribution >= 0.6 is 0 Å². The first-order valence-corrected chi connectivity index (χ1v) is 5.19. The molecule has 4 nitrogen and oxygen atoms in total. The molecule has 1 aromatic heterocycles. The van der Waals surface area contributed by atoms with Crippen LogP contribution in [0.25, 0.3) is 0 Å². The lowest BCUT2D eigenvalue weighted by atomic mass is 10.4. The Morgan fingerprint density at radius 3 is 2.67 bits per heavy atom. The average molecular weight is 207 g/mol. The highest BCUT2D eigenvalue weighted by Crippen LogP contribution is 2.10. The fraction of sp³-hybridized carbons (Fsp3) is 0.636. The molecule has 0 radical (unpaired) electrons. The molecule has 1 aromatic rings. The number of nitrogens with zero attached hydrogens (tertiary/aromatic N) is 3. The van der Waals surface area contributed by atoms with E-state index in [9.17, 15) is 0 Å². The van der Waals surface area contributed by atoms with Crippen LogP contribution in [0.5, 0.6) is 0 Å². The van der Waals surface area contributed by atoms with Crippen LogP contribution in [-0.4, -0.2) is 23.0 Å². The Labute approximate surface area is 90.5 Å². The molecule has 0 saturated carbocycles. The largest absolute Gasteiger partial charge is 0.444 e. The van der Waals surface area contributed by atoms with Crippen molar-refractivity contribution in [1.82, 2.24) is 9.88 Å². The van der Waals surface area contributed by atoms with Gasteiger partial charge < -0.3 is 4.42 Å². The molecule has 82 valence electrons. The minimum Gasteiger partial charge on any atom is -0.444 e. The molecule has 1 rings (SSSR count). The predicted molar refractivity (Wildman–Crippen MR) is 57.2 cm³/mol. The molecule has 0 amide bonds. The van der Waals surface area contributed by atoms with Crippen molar-refractivity contribution >= 4 is 0 Å². The monoisotopic (exact) mass is 207 g/mol. The van der Waals surface area contributed by atoms with E-state index < -0.39 is 0 Å². The molecule has 0 spiro atoms. The van der Waals surface area contributed by atoms with Gasteiger partial charge in [-0.05, 0) is 26.8 Å². The lowest BCUT2D eigenvalue weighted by molar-refractivity contribution is 0.263. The van der Waals surface area contributed by atoms with Gasteiger partial charge in [-0.25, -0.2) is 4.98 Å². The van der Waals surface area contributed by atoms with E-state index in [1.807, 2.05) is 18.7 Å². The summed E-state index contributed by atoms with van der Waals surface area (Å²) in [4.78, 5) is 6.33. The molecule has 4 heteroatoms. The quantitative estimate of drug-likeness (QED) is 0.693. The maximum absolute atomic E-state index is 8.66. The third-order valence-corrected chi connectivity index (χ3v) is 2.27. The van der Waals surface area contributed by atoms with Gasteiger partial charge in [-0.1, -0.05) is 6.92 Å². The summed E-state index contributed by atoms with van der Waals surface area (Å²) < 4.78 is 5.48. The molecule has 1 heterocycles. The zero-order valence-electron chi connectivity index (χ0n) is 9.58. The van der Waals surface area contributed by atoms with E-state index in [-0.39, 0.29) is 0 Å². The number of aromatic nitrogens is 1. The summed E-state index contributed by atoms with van der Waals surface area (Å²) >= 11 is 0. The number of aryl methyl sites for hydroxylation is 2. The molecule has 0 N–H and O–H groups in total. The van der Waals surface area contributed by atoms with Crippen molar-refractivity contribution in [3.05, 3.63) is 17.3 Å². The third kappa shape index (κ3) is 3.37. The number of rotatable bonds is 5. The lowest BCUT2D eigenvalue weighted by Gasteiger charge is -2.15. The van der Waals surface area contributed by atoms with Crippen molar-refractivity contribution in [2.45, 2.75) is 33.7 Å². The molecule has 0 aliphatic carbocycles. The van der Waals surface area contributed by atoms with Crippen molar-refractivity contribution in [2.75, 3.05) is 13.1 Å². The molecule has 15 heavy (non-hydrogen) atoms. The number of hydrogen-bond donors (Lipinski definition) is 0. The fourth-order valence-corrected chi connectivity index (χ4v) is 1.43. The maximum atomic E-state index is 8.66. The first kappa shape index (κ1) is 11.7. The Morgan fingerprint density at radius 1 is 1.47 bits per heavy atom. The van der Waals surface area contributed by atoms with Crippen molar-refractivity contribution in [3.8, 4) is 6.07 Å². The molecular formula is C11H17N3O. The van der Waals surface area contributed by atoms with Crippen LogP contribution in [0.2, 0.25) is 0 Å². The second-order valence-corrected chi connectivity index (χ2v) is 3.62. The van der Waals surface area contributed by atoms with Crippen LogP contribution in [0.4, 0.5) is 0 Å². The van der Waals surface area contributed by atoms with E-state index in [2.05, 4.69) is 18.0 Å². The van der Waals surface area contributed by atoms with Gasteiger partial charge in [-0.3, -0.25) is 4.90 Å². The summed E-state index contributed by atoms with van der Waals surface area (Å²) in [5.74, 6) is 1.56. The molecule has 0 bridgehead atoms. The second kappa shape index (κ2) is 5.52. The standard InChI is InChI=1S/C11H17N3O/c1-4-6-14(7-5-12)8-11-13-9(2)10(3)15-11/h4,6-8H2,1-3H3. The zero-order valence-corrected chi connectivity index (χ0v) is 9.58. The molecule has 0 atom stereocenters.